The zero-order valence-corrected chi connectivity index (χ0v) is 16.0. The van der Waals surface area contributed by atoms with Crippen molar-refractivity contribution in [1.82, 2.24) is 29.2 Å². The van der Waals surface area contributed by atoms with Crippen molar-refractivity contribution in [2.45, 2.75) is 32.2 Å². The highest BCUT2D eigenvalue weighted by Crippen LogP contribution is 2.26. The van der Waals surface area contributed by atoms with E-state index in [0.29, 0.717) is 19.6 Å². The molecule has 0 aromatic carbocycles. The largest absolute Gasteiger partial charge is 0.481 e. The van der Waals surface area contributed by atoms with Gasteiger partial charge in [-0.05, 0) is 19.8 Å². The van der Waals surface area contributed by atoms with Crippen LogP contribution in [0.25, 0.3) is 0 Å². The molecule has 3 heterocycles. The first-order valence-electron chi connectivity index (χ1n) is 8.88. The van der Waals surface area contributed by atoms with Crippen LogP contribution in [0.4, 0.5) is 0 Å². The molecule has 0 bridgehead atoms. The quantitative estimate of drug-likeness (QED) is 0.745. The molecule has 1 fully saturated rings. The van der Waals surface area contributed by atoms with E-state index in [9.17, 15) is 9.59 Å². The summed E-state index contributed by atoms with van der Waals surface area (Å²) in [6.45, 7) is 3.56. The van der Waals surface area contributed by atoms with Crippen molar-refractivity contribution in [2.24, 2.45) is 7.05 Å². The number of hydrogen-bond acceptors (Lipinski definition) is 7. The van der Waals surface area contributed by atoms with Gasteiger partial charge < -0.3 is 14.4 Å². The van der Waals surface area contributed by atoms with E-state index >= 15 is 0 Å². The number of carbonyl (C=O) groups excluding carboxylic acids is 1. The Kier molecular flexibility index (Phi) is 5.43. The molecule has 1 aliphatic heterocycles. The van der Waals surface area contributed by atoms with Crippen LogP contribution in [0.3, 0.4) is 0 Å². The van der Waals surface area contributed by atoms with E-state index in [1.165, 1.54) is 25.0 Å². The van der Waals surface area contributed by atoms with Crippen molar-refractivity contribution in [1.29, 1.82) is 0 Å². The Morgan fingerprint density at radius 3 is 2.74 bits per heavy atom. The standard InChI is InChI=1S/C17H24N6O4/c1-5-23-14(20-21(2)17(23)25)11-7-6-8-22(10-11)15(24)12-9-13(26-3)19-16(18-12)27-4/h9,11H,5-8,10H2,1-4H3/t11-/m0/s1. The summed E-state index contributed by atoms with van der Waals surface area (Å²) in [4.78, 5) is 35.0. The summed E-state index contributed by atoms with van der Waals surface area (Å²) in [5.41, 5.74) is 0.0782. The molecule has 0 unspecified atom stereocenters. The van der Waals surface area contributed by atoms with Gasteiger partial charge >= 0.3 is 11.7 Å². The minimum atomic E-state index is -0.222. The number of hydrogen-bond donors (Lipinski definition) is 0. The molecule has 1 atom stereocenters. The summed E-state index contributed by atoms with van der Waals surface area (Å²) in [6.07, 6.45) is 1.70. The van der Waals surface area contributed by atoms with Gasteiger partial charge in [0.2, 0.25) is 5.88 Å². The van der Waals surface area contributed by atoms with E-state index in [-0.39, 0.29) is 35.1 Å². The van der Waals surface area contributed by atoms with Gasteiger partial charge in [0.05, 0.1) is 14.2 Å². The Balaban J connectivity index is 1.85. The topological polar surface area (TPSA) is 104 Å². The Hall–Kier alpha value is -2.91. The predicted molar refractivity (Wildman–Crippen MR) is 96.2 cm³/mol. The molecule has 10 nitrogen and oxygen atoms in total. The Morgan fingerprint density at radius 1 is 1.30 bits per heavy atom. The second-order valence-corrected chi connectivity index (χ2v) is 6.38. The lowest BCUT2D eigenvalue weighted by atomic mass is 9.97. The number of rotatable bonds is 5. The number of aryl methyl sites for hydroxylation is 1. The average Bonchev–Trinajstić information content (AvgIpc) is 3.00. The first kappa shape index (κ1) is 18.9. The van der Waals surface area contributed by atoms with Crippen LogP contribution in [0, 0.1) is 0 Å². The summed E-state index contributed by atoms with van der Waals surface area (Å²) < 4.78 is 13.2. The normalized spacial score (nSPS) is 17.0. The third-order valence-electron chi connectivity index (χ3n) is 4.72. The van der Waals surface area contributed by atoms with Crippen LogP contribution in [-0.4, -0.2) is 62.4 Å². The lowest BCUT2D eigenvalue weighted by Crippen LogP contribution is -2.40. The summed E-state index contributed by atoms with van der Waals surface area (Å²) in [6, 6.07) is 1.58. The van der Waals surface area contributed by atoms with E-state index in [2.05, 4.69) is 15.1 Å². The van der Waals surface area contributed by atoms with Crippen molar-refractivity contribution >= 4 is 5.91 Å². The molecule has 10 heteroatoms. The molecule has 1 saturated heterocycles. The van der Waals surface area contributed by atoms with Gasteiger partial charge in [-0.1, -0.05) is 0 Å². The fraction of sp³-hybridized carbons (Fsp3) is 0.588. The van der Waals surface area contributed by atoms with Gasteiger partial charge in [0.15, 0.2) is 0 Å². The monoisotopic (exact) mass is 376 g/mol. The molecule has 0 N–H and O–H groups in total. The zero-order valence-electron chi connectivity index (χ0n) is 16.0. The first-order valence-corrected chi connectivity index (χ1v) is 8.88. The molecule has 0 spiro atoms. The van der Waals surface area contributed by atoms with Crippen molar-refractivity contribution in [2.75, 3.05) is 27.3 Å². The van der Waals surface area contributed by atoms with Crippen molar-refractivity contribution in [3.8, 4) is 11.9 Å². The molecule has 3 rings (SSSR count). The maximum Gasteiger partial charge on any atom is 0.345 e. The van der Waals surface area contributed by atoms with E-state index in [0.717, 1.165) is 18.7 Å². The van der Waals surface area contributed by atoms with Crippen LogP contribution in [0.15, 0.2) is 10.9 Å². The number of carbonyl (C=O) groups is 1. The van der Waals surface area contributed by atoms with Gasteiger partial charge in [-0.25, -0.2) is 9.48 Å². The number of aromatic nitrogens is 5. The number of ether oxygens (including phenoxy) is 2. The minimum absolute atomic E-state index is 0.00202. The number of piperidine rings is 1. The first-order chi connectivity index (χ1) is 13.0. The molecule has 2 aromatic heterocycles. The molecule has 0 aliphatic carbocycles. The highest BCUT2D eigenvalue weighted by Gasteiger charge is 2.30. The second kappa shape index (κ2) is 7.77. The molecule has 27 heavy (non-hydrogen) atoms. The Labute approximate surface area is 156 Å². The Morgan fingerprint density at radius 2 is 2.07 bits per heavy atom. The average molecular weight is 376 g/mol. The van der Waals surface area contributed by atoms with Gasteiger partial charge in [-0.3, -0.25) is 9.36 Å². The summed E-state index contributed by atoms with van der Waals surface area (Å²) in [5, 5.41) is 4.39. The van der Waals surface area contributed by atoms with Gasteiger partial charge in [-0.2, -0.15) is 15.1 Å². The lowest BCUT2D eigenvalue weighted by molar-refractivity contribution is 0.0695. The lowest BCUT2D eigenvalue weighted by Gasteiger charge is -2.32. The summed E-state index contributed by atoms with van der Waals surface area (Å²) in [7, 11) is 4.55. The third kappa shape index (κ3) is 3.64. The summed E-state index contributed by atoms with van der Waals surface area (Å²) in [5.74, 6) is 0.769. The van der Waals surface area contributed by atoms with Crippen LogP contribution < -0.4 is 15.2 Å². The maximum atomic E-state index is 13.0. The maximum absolute atomic E-state index is 13.0. The van der Waals surface area contributed by atoms with Crippen LogP contribution in [-0.2, 0) is 13.6 Å². The van der Waals surface area contributed by atoms with Crippen molar-refractivity contribution < 1.29 is 14.3 Å². The predicted octanol–water partition coefficient (Wildman–Crippen LogP) is 0.429. The number of nitrogens with zero attached hydrogens (tertiary/aromatic N) is 6. The van der Waals surface area contributed by atoms with Crippen LogP contribution >= 0.6 is 0 Å². The van der Waals surface area contributed by atoms with Crippen molar-refractivity contribution in [3.05, 3.63) is 28.1 Å². The molecule has 0 radical (unpaired) electrons. The molecule has 146 valence electrons. The minimum Gasteiger partial charge on any atom is -0.481 e. The molecule has 1 aliphatic rings. The van der Waals surface area contributed by atoms with Gasteiger partial charge in [0.25, 0.3) is 5.91 Å². The third-order valence-corrected chi connectivity index (χ3v) is 4.72. The fourth-order valence-electron chi connectivity index (χ4n) is 3.37. The van der Waals surface area contributed by atoms with Crippen LogP contribution in [0.1, 0.15) is 42.0 Å². The number of methoxy groups -OCH3 is 2. The fourth-order valence-corrected chi connectivity index (χ4v) is 3.37. The van der Waals surface area contributed by atoms with E-state index in [4.69, 9.17) is 9.47 Å². The molecule has 0 saturated carbocycles. The molecular weight excluding hydrogens is 352 g/mol. The van der Waals surface area contributed by atoms with Gasteiger partial charge in [0.1, 0.15) is 11.5 Å². The SMILES string of the molecule is CCn1c([C@H]2CCCN(C(=O)c3cc(OC)nc(OC)n3)C2)nn(C)c1=O. The smallest absolute Gasteiger partial charge is 0.345 e. The van der Waals surface area contributed by atoms with Gasteiger partial charge in [-0.15, -0.1) is 0 Å². The number of likely N-dealkylation sites (tertiary alicyclic amines) is 1. The van der Waals surface area contributed by atoms with E-state index in [1.807, 2.05) is 6.92 Å². The molecular formula is C17H24N6O4. The summed E-state index contributed by atoms with van der Waals surface area (Å²) >= 11 is 0. The van der Waals surface area contributed by atoms with E-state index in [1.54, 1.807) is 16.5 Å². The Bertz CT molecular complexity index is 868. The second-order valence-electron chi connectivity index (χ2n) is 6.38. The number of amides is 1. The van der Waals surface area contributed by atoms with Crippen molar-refractivity contribution in [3.63, 3.8) is 0 Å². The van der Waals surface area contributed by atoms with Crippen LogP contribution in [0.2, 0.25) is 0 Å². The van der Waals surface area contributed by atoms with E-state index < -0.39 is 0 Å². The highest BCUT2D eigenvalue weighted by molar-refractivity contribution is 5.92. The highest BCUT2D eigenvalue weighted by atomic mass is 16.5. The van der Waals surface area contributed by atoms with Crippen LogP contribution in [0.5, 0.6) is 11.9 Å². The zero-order chi connectivity index (χ0) is 19.6. The molecule has 1 amide bonds. The molecule has 2 aromatic rings. The van der Waals surface area contributed by atoms with Gasteiger partial charge in [0, 0.05) is 38.7 Å².